The van der Waals surface area contributed by atoms with Gasteiger partial charge in [0.25, 0.3) is 0 Å². The molecule has 7 atom stereocenters. The third kappa shape index (κ3) is 6.06. The number of benzene rings is 1. The Kier molecular flexibility index (Phi) is 8.99. The van der Waals surface area contributed by atoms with E-state index in [-0.39, 0.29) is 23.3 Å². The molecular weight excluding hydrogens is 452 g/mol. The van der Waals surface area contributed by atoms with Crippen molar-refractivity contribution in [1.82, 2.24) is 0 Å². The van der Waals surface area contributed by atoms with Gasteiger partial charge in [-0.2, -0.15) is 0 Å². The predicted molar refractivity (Wildman–Crippen MR) is 130 cm³/mol. The van der Waals surface area contributed by atoms with Crippen molar-refractivity contribution in [3.63, 3.8) is 0 Å². The first kappa shape index (κ1) is 27.2. The van der Waals surface area contributed by atoms with Gasteiger partial charge in [0.05, 0.1) is 0 Å². The monoisotopic (exact) mass is 490 g/mol. The van der Waals surface area contributed by atoms with Crippen LogP contribution in [-0.4, -0.2) is 62.2 Å². The SMILES string of the molecule is C=C(C)[C@H]1CCC(C)=C[C@H]1c1c(O)cc(CCCCC)cc1O[C@@H]1O[C@H](C(=O)O)[C@@H](O)[C@H](O)[C@H]1O. The van der Waals surface area contributed by atoms with Crippen LogP contribution in [0.3, 0.4) is 0 Å². The predicted octanol–water partition coefficient (Wildman–Crippen LogP) is 3.41. The number of aliphatic hydroxyl groups is 3. The van der Waals surface area contributed by atoms with Gasteiger partial charge in [-0.05, 0) is 63.1 Å². The van der Waals surface area contributed by atoms with Crippen LogP contribution in [0.1, 0.15) is 69.9 Å². The molecule has 0 saturated carbocycles. The van der Waals surface area contributed by atoms with Crippen LogP contribution in [0.2, 0.25) is 0 Å². The Labute approximate surface area is 206 Å². The van der Waals surface area contributed by atoms with Gasteiger partial charge in [-0.25, -0.2) is 4.79 Å². The van der Waals surface area contributed by atoms with Crippen molar-refractivity contribution in [1.29, 1.82) is 0 Å². The number of ether oxygens (including phenoxy) is 2. The second-order valence-corrected chi connectivity index (χ2v) is 9.87. The highest BCUT2D eigenvalue weighted by atomic mass is 16.7. The van der Waals surface area contributed by atoms with Crippen molar-refractivity contribution >= 4 is 5.97 Å². The van der Waals surface area contributed by atoms with E-state index < -0.39 is 36.7 Å². The fraction of sp³-hybridized carbons (Fsp3) is 0.593. The molecule has 35 heavy (non-hydrogen) atoms. The summed E-state index contributed by atoms with van der Waals surface area (Å²) in [4.78, 5) is 11.5. The highest BCUT2D eigenvalue weighted by Crippen LogP contribution is 2.47. The molecule has 194 valence electrons. The Morgan fingerprint density at radius 3 is 2.51 bits per heavy atom. The second kappa shape index (κ2) is 11.6. The number of hydrogen-bond donors (Lipinski definition) is 5. The minimum atomic E-state index is -1.81. The lowest BCUT2D eigenvalue weighted by molar-refractivity contribution is -0.271. The fourth-order valence-electron chi connectivity index (χ4n) is 5.00. The normalized spacial score (nSPS) is 31.0. The van der Waals surface area contributed by atoms with E-state index in [9.17, 15) is 30.3 Å². The minimum Gasteiger partial charge on any atom is -0.507 e. The molecule has 8 nitrogen and oxygen atoms in total. The molecular formula is C27H38O8. The lowest BCUT2D eigenvalue weighted by Gasteiger charge is -2.39. The maximum absolute atomic E-state index is 11.5. The molecule has 1 aromatic rings. The number of carboxylic acids is 1. The number of hydrogen-bond acceptors (Lipinski definition) is 7. The molecule has 0 spiro atoms. The maximum atomic E-state index is 11.5. The average Bonchev–Trinajstić information content (AvgIpc) is 2.79. The van der Waals surface area contributed by atoms with Crippen LogP contribution < -0.4 is 4.74 Å². The van der Waals surface area contributed by atoms with Gasteiger partial charge in [-0.1, -0.05) is 43.6 Å². The summed E-state index contributed by atoms with van der Waals surface area (Å²) < 4.78 is 11.4. The smallest absolute Gasteiger partial charge is 0.335 e. The van der Waals surface area contributed by atoms with E-state index in [1.54, 1.807) is 12.1 Å². The van der Waals surface area contributed by atoms with Crippen LogP contribution in [0, 0.1) is 5.92 Å². The molecule has 1 heterocycles. The van der Waals surface area contributed by atoms with Gasteiger partial charge in [0.15, 0.2) is 6.10 Å². The van der Waals surface area contributed by atoms with Crippen LogP contribution in [0.5, 0.6) is 11.5 Å². The van der Waals surface area contributed by atoms with Crippen molar-refractivity contribution < 1.29 is 39.8 Å². The molecule has 1 fully saturated rings. The van der Waals surface area contributed by atoms with E-state index >= 15 is 0 Å². The van der Waals surface area contributed by atoms with Gasteiger partial charge in [0.2, 0.25) is 6.29 Å². The number of aromatic hydroxyl groups is 1. The van der Waals surface area contributed by atoms with Crippen molar-refractivity contribution in [2.24, 2.45) is 5.92 Å². The van der Waals surface area contributed by atoms with Crippen LogP contribution >= 0.6 is 0 Å². The molecule has 3 rings (SSSR count). The van der Waals surface area contributed by atoms with Gasteiger partial charge in [-0.3, -0.25) is 0 Å². The third-order valence-electron chi connectivity index (χ3n) is 7.02. The molecule has 0 radical (unpaired) electrons. The number of aliphatic carboxylic acids is 1. The summed E-state index contributed by atoms with van der Waals surface area (Å²) >= 11 is 0. The lowest BCUT2D eigenvalue weighted by atomic mass is 9.73. The van der Waals surface area contributed by atoms with Gasteiger partial charge >= 0.3 is 5.97 Å². The Bertz CT molecular complexity index is 955. The minimum absolute atomic E-state index is 0.0388. The van der Waals surface area contributed by atoms with Crippen molar-refractivity contribution in [2.45, 2.75) is 95.9 Å². The number of carboxylic acid groups (broad SMARTS) is 1. The topological polar surface area (TPSA) is 137 Å². The average molecular weight is 491 g/mol. The summed E-state index contributed by atoms with van der Waals surface area (Å²) in [5.74, 6) is -1.39. The molecule has 0 unspecified atom stereocenters. The van der Waals surface area contributed by atoms with Crippen molar-refractivity contribution in [3.05, 3.63) is 47.1 Å². The molecule has 2 aliphatic rings. The van der Waals surface area contributed by atoms with Gasteiger partial charge in [0.1, 0.15) is 29.8 Å². The van der Waals surface area contributed by atoms with Gasteiger partial charge in [-0.15, -0.1) is 0 Å². The summed E-state index contributed by atoms with van der Waals surface area (Å²) in [6.45, 7) is 10.2. The van der Waals surface area contributed by atoms with Gasteiger partial charge in [0, 0.05) is 11.5 Å². The van der Waals surface area contributed by atoms with E-state index in [0.29, 0.717) is 12.0 Å². The molecule has 5 N–H and O–H groups in total. The van der Waals surface area contributed by atoms with Crippen LogP contribution in [0.4, 0.5) is 0 Å². The standard InChI is InChI=1S/C27H38O8/c1-5-6-7-8-16-12-19(28)21(18-11-15(4)9-10-17(18)14(2)3)20(13-16)34-27-24(31)22(29)23(30)25(35-27)26(32)33/h11-13,17-18,22-25,27-31H,2,5-10H2,1,3-4H3,(H,32,33)/t17-,18-,22+,23+,24-,25+,27-/m1/s1. The van der Waals surface area contributed by atoms with E-state index in [1.807, 2.05) is 13.8 Å². The number of aryl methyl sites for hydroxylation is 1. The highest BCUT2D eigenvalue weighted by molar-refractivity contribution is 5.73. The lowest BCUT2D eigenvalue weighted by Crippen LogP contribution is -2.61. The zero-order valence-corrected chi connectivity index (χ0v) is 20.7. The molecule has 1 aromatic carbocycles. The zero-order chi connectivity index (χ0) is 25.9. The number of carbonyl (C=O) groups is 1. The number of unbranched alkanes of at least 4 members (excludes halogenated alkanes) is 2. The van der Waals surface area contributed by atoms with Crippen LogP contribution in [-0.2, 0) is 16.0 Å². The summed E-state index contributed by atoms with van der Waals surface area (Å²) in [6, 6.07) is 3.50. The van der Waals surface area contributed by atoms with Crippen molar-refractivity contribution in [2.75, 3.05) is 0 Å². The molecule has 0 amide bonds. The van der Waals surface area contributed by atoms with Crippen molar-refractivity contribution in [3.8, 4) is 11.5 Å². The van der Waals surface area contributed by atoms with E-state index in [0.717, 1.165) is 43.2 Å². The first-order valence-electron chi connectivity index (χ1n) is 12.3. The summed E-state index contributed by atoms with van der Waals surface area (Å²) in [5.41, 5.74) is 3.47. The van der Waals surface area contributed by atoms with E-state index in [2.05, 4.69) is 19.6 Å². The highest BCUT2D eigenvalue weighted by Gasteiger charge is 2.48. The maximum Gasteiger partial charge on any atom is 0.335 e. The van der Waals surface area contributed by atoms with Crippen LogP contribution in [0.25, 0.3) is 0 Å². The van der Waals surface area contributed by atoms with Crippen LogP contribution in [0.15, 0.2) is 35.9 Å². The molecule has 1 aliphatic heterocycles. The quantitative estimate of drug-likeness (QED) is 0.262. The number of rotatable bonds is 9. The molecule has 8 heteroatoms. The van der Waals surface area contributed by atoms with E-state index in [1.165, 1.54) is 5.57 Å². The summed E-state index contributed by atoms with van der Waals surface area (Å²) in [6.07, 6.45) is -1.09. The second-order valence-electron chi connectivity index (χ2n) is 9.87. The first-order valence-corrected chi connectivity index (χ1v) is 12.3. The Morgan fingerprint density at radius 1 is 1.17 bits per heavy atom. The summed E-state index contributed by atoms with van der Waals surface area (Å²) in [5, 5.41) is 51.4. The zero-order valence-electron chi connectivity index (χ0n) is 20.7. The number of phenols is 1. The largest absolute Gasteiger partial charge is 0.507 e. The Morgan fingerprint density at radius 2 is 1.89 bits per heavy atom. The number of phenolic OH excluding ortho intramolecular Hbond substituents is 1. The van der Waals surface area contributed by atoms with Gasteiger partial charge < -0.3 is 35.0 Å². The number of aliphatic hydroxyl groups excluding tert-OH is 3. The first-order chi connectivity index (χ1) is 16.5. The Balaban J connectivity index is 2.05. The third-order valence-corrected chi connectivity index (χ3v) is 7.02. The molecule has 1 aliphatic carbocycles. The van der Waals surface area contributed by atoms with E-state index in [4.69, 9.17) is 9.47 Å². The summed E-state index contributed by atoms with van der Waals surface area (Å²) in [7, 11) is 0. The fourth-order valence-corrected chi connectivity index (χ4v) is 5.00. The molecule has 1 saturated heterocycles. The molecule has 0 aromatic heterocycles. The Hall–Kier alpha value is -2.39. The molecule has 0 bridgehead atoms. The number of allylic oxidation sites excluding steroid dienone is 3.